The lowest BCUT2D eigenvalue weighted by molar-refractivity contribution is -0.105. The Hall–Kier alpha value is -4.79. The molecule has 0 atom stereocenters. The van der Waals surface area contributed by atoms with E-state index in [4.69, 9.17) is 0 Å². The highest BCUT2D eigenvalue weighted by Crippen LogP contribution is 2.34. The number of nitrogens with zero attached hydrogens (tertiary/aromatic N) is 2. The van der Waals surface area contributed by atoms with E-state index in [0.717, 1.165) is 12.1 Å². The molecule has 5 nitrogen and oxygen atoms in total. The van der Waals surface area contributed by atoms with Crippen LogP contribution >= 0.6 is 0 Å². The first-order valence-corrected chi connectivity index (χ1v) is 11.4. The third-order valence-electron chi connectivity index (χ3n) is 5.76. The average molecular weight is 519 g/mol. The number of halogens is 4. The minimum Gasteiger partial charge on any atom is -0.356 e. The van der Waals surface area contributed by atoms with Gasteiger partial charge in [0.2, 0.25) is 6.41 Å². The van der Waals surface area contributed by atoms with Gasteiger partial charge in [0, 0.05) is 33.6 Å². The van der Waals surface area contributed by atoms with Gasteiger partial charge in [0.15, 0.2) is 0 Å². The lowest BCUT2D eigenvalue weighted by Crippen LogP contribution is -2.07. The quantitative estimate of drug-likeness (QED) is 0.192. The Morgan fingerprint density at radius 1 is 0.868 bits per heavy atom. The van der Waals surface area contributed by atoms with Crippen LogP contribution in [-0.2, 0) is 4.79 Å². The van der Waals surface area contributed by atoms with Gasteiger partial charge in [-0.1, -0.05) is 12.6 Å². The molecule has 0 radical (unpaired) electrons. The summed E-state index contributed by atoms with van der Waals surface area (Å²) in [5, 5.41) is 5.49. The molecule has 2 N–H and O–H groups in total. The molecule has 192 valence electrons. The van der Waals surface area contributed by atoms with E-state index in [2.05, 4.69) is 27.2 Å². The predicted octanol–water partition coefficient (Wildman–Crippen LogP) is 7.14. The van der Waals surface area contributed by atoms with Crippen LogP contribution in [0.5, 0.6) is 0 Å². The first-order chi connectivity index (χ1) is 18.2. The van der Waals surface area contributed by atoms with Crippen LogP contribution in [0.4, 0.5) is 29.1 Å². The molecule has 3 aromatic carbocycles. The summed E-state index contributed by atoms with van der Waals surface area (Å²) in [6, 6.07) is 12.0. The molecule has 0 saturated heterocycles. The van der Waals surface area contributed by atoms with Gasteiger partial charge >= 0.3 is 0 Å². The predicted molar refractivity (Wildman–Crippen MR) is 141 cm³/mol. The van der Waals surface area contributed by atoms with E-state index in [1.807, 2.05) is 0 Å². The van der Waals surface area contributed by atoms with E-state index in [-0.39, 0.29) is 34.0 Å². The second-order valence-corrected chi connectivity index (χ2v) is 8.35. The van der Waals surface area contributed by atoms with Crippen molar-refractivity contribution in [3.05, 3.63) is 113 Å². The summed E-state index contributed by atoms with van der Waals surface area (Å²) in [7, 11) is 0. The summed E-state index contributed by atoms with van der Waals surface area (Å²) in [5.74, 6) is -2.19. The molecule has 0 bridgehead atoms. The van der Waals surface area contributed by atoms with Gasteiger partial charge in [0.05, 0.1) is 5.69 Å². The third-order valence-corrected chi connectivity index (χ3v) is 5.76. The van der Waals surface area contributed by atoms with Crippen LogP contribution in [-0.4, -0.2) is 16.4 Å². The Kier molecular flexibility index (Phi) is 7.66. The Labute approximate surface area is 216 Å². The highest BCUT2D eigenvalue weighted by atomic mass is 19.1. The molecule has 0 spiro atoms. The number of hydrogen-bond donors (Lipinski definition) is 2. The van der Waals surface area contributed by atoms with Crippen molar-refractivity contribution in [3.63, 3.8) is 0 Å². The van der Waals surface area contributed by atoms with Crippen molar-refractivity contribution < 1.29 is 22.4 Å². The number of carbonyl (C=O) groups is 1. The normalized spacial score (nSPS) is 11.0. The van der Waals surface area contributed by atoms with E-state index in [1.165, 1.54) is 48.6 Å². The number of rotatable bonds is 8. The van der Waals surface area contributed by atoms with Gasteiger partial charge in [-0.25, -0.2) is 27.5 Å². The number of hydrogen-bond acceptors (Lipinski definition) is 4. The summed E-state index contributed by atoms with van der Waals surface area (Å²) in [6.45, 7) is 7.12. The Balaban J connectivity index is 1.85. The zero-order valence-corrected chi connectivity index (χ0v) is 20.4. The first-order valence-electron chi connectivity index (χ1n) is 11.4. The molecular weight excluding hydrogens is 496 g/mol. The number of amides is 1. The summed E-state index contributed by atoms with van der Waals surface area (Å²) in [6.07, 6.45) is 2.96. The second kappa shape index (κ2) is 11.1. The molecule has 1 amide bonds. The van der Waals surface area contributed by atoms with Crippen LogP contribution in [0.1, 0.15) is 28.1 Å². The molecule has 4 rings (SSSR count). The minimum atomic E-state index is -0.784. The smallest absolute Gasteiger partial charge is 0.212 e. The lowest BCUT2D eigenvalue weighted by Gasteiger charge is -2.17. The van der Waals surface area contributed by atoms with Crippen molar-refractivity contribution in [1.29, 1.82) is 0 Å². The van der Waals surface area contributed by atoms with Crippen LogP contribution in [0.15, 0.2) is 61.2 Å². The molecule has 0 saturated carbocycles. The monoisotopic (exact) mass is 518 g/mol. The minimum absolute atomic E-state index is 0.0731. The van der Waals surface area contributed by atoms with Crippen LogP contribution in [0, 0.1) is 37.1 Å². The summed E-state index contributed by atoms with van der Waals surface area (Å²) in [4.78, 5) is 20.0. The van der Waals surface area contributed by atoms with Crippen molar-refractivity contribution in [3.8, 4) is 11.3 Å². The maximum absolute atomic E-state index is 15.2. The topological polar surface area (TPSA) is 66.9 Å². The zero-order chi connectivity index (χ0) is 27.4. The van der Waals surface area contributed by atoms with Gasteiger partial charge < -0.3 is 10.6 Å². The molecule has 4 aromatic rings. The molecule has 1 heterocycles. The Bertz CT molecular complexity index is 1550. The second-order valence-electron chi connectivity index (χ2n) is 8.35. The van der Waals surface area contributed by atoms with Crippen LogP contribution in [0.3, 0.4) is 0 Å². The molecule has 1 aromatic heterocycles. The number of carbonyl (C=O) groups excluding carboxylic acids is 1. The van der Waals surface area contributed by atoms with E-state index < -0.39 is 23.3 Å². The Morgan fingerprint density at radius 3 is 2.18 bits per heavy atom. The Morgan fingerprint density at radius 2 is 1.53 bits per heavy atom. The molecule has 0 fully saturated rings. The van der Waals surface area contributed by atoms with E-state index >= 15 is 4.39 Å². The van der Waals surface area contributed by atoms with Gasteiger partial charge in [-0.2, -0.15) is 0 Å². The van der Waals surface area contributed by atoms with Gasteiger partial charge in [-0.15, -0.1) is 0 Å². The molecule has 0 unspecified atom stereocenters. The molecule has 9 heteroatoms. The van der Waals surface area contributed by atoms with Crippen molar-refractivity contribution >= 4 is 35.8 Å². The summed E-state index contributed by atoms with van der Waals surface area (Å²) >= 11 is 0. The molecule has 0 aliphatic carbocycles. The number of benzene rings is 3. The number of anilines is 2. The van der Waals surface area contributed by atoms with Gasteiger partial charge in [0.1, 0.15) is 34.9 Å². The van der Waals surface area contributed by atoms with Crippen molar-refractivity contribution in [1.82, 2.24) is 9.97 Å². The molecule has 0 aliphatic heterocycles. The van der Waals surface area contributed by atoms with E-state index in [9.17, 15) is 18.0 Å². The highest BCUT2D eigenvalue weighted by Gasteiger charge is 2.19. The lowest BCUT2D eigenvalue weighted by atomic mass is 9.96. The fraction of sp³-hybridized carbons (Fsp3) is 0.0690. The largest absolute Gasteiger partial charge is 0.356 e. The third kappa shape index (κ3) is 5.62. The highest BCUT2D eigenvalue weighted by molar-refractivity contribution is 5.89. The van der Waals surface area contributed by atoms with Crippen molar-refractivity contribution in [2.45, 2.75) is 13.8 Å². The molecular formula is C29H22F4N4O. The maximum Gasteiger partial charge on any atom is 0.212 e. The fourth-order valence-corrected chi connectivity index (χ4v) is 3.83. The standard InChI is InChI=1S/C29H22F4N4O/c1-16-24(13-19(14-27(16)33)17(2)35-21-9-7-20(30)8-10-21)28-23(29(34-15-38)37-18(3)36-28)12-11-22-25(31)5-4-6-26(22)32/h4-15,35H,2H2,1,3H3,(H,34,36,37,38)/b12-11-. The van der Waals surface area contributed by atoms with E-state index in [0.29, 0.717) is 28.9 Å². The molecule has 38 heavy (non-hydrogen) atoms. The molecule has 0 aliphatic rings. The van der Waals surface area contributed by atoms with Crippen molar-refractivity contribution in [2.24, 2.45) is 0 Å². The maximum atomic E-state index is 15.2. The summed E-state index contributed by atoms with van der Waals surface area (Å²) in [5.41, 5.74) is 1.97. The van der Waals surface area contributed by atoms with Crippen LogP contribution in [0.2, 0.25) is 0 Å². The summed E-state index contributed by atoms with van der Waals surface area (Å²) < 4.78 is 57.0. The first kappa shape index (κ1) is 26.3. The number of aryl methyl sites for hydroxylation is 1. The number of aromatic nitrogens is 2. The average Bonchev–Trinajstić information content (AvgIpc) is 2.87. The van der Waals surface area contributed by atoms with Crippen molar-refractivity contribution in [2.75, 3.05) is 10.6 Å². The van der Waals surface area contributed by atoms with Crippen LogP contribution < -0.4 is 10.6 Å². The fourth-order valence-electron chi connectivity index (χ4n) is 3.83. The number of nitrogens with one attached hydrogen (secondary N) is 2. The van der Waals surface area contributed by atoms with Gasteiger partial charge in [-0.05, 0) is 80.1 Å². The van der Waals surface area contributed by atoms with Gasteiger partial charge in [0.25, 0.3) is 0 Å². The van der Waals surface area contributed by atoms with Gasteiger partial charge in [-0.3, -0.25) is 4.79 Å². The van der Waals surface area contributed by atoms with E-state index in [1.54, 1.807) is 19.9 Å². The zero-order valence-electron chi connectivity index (χ0n) is 20.4. The van der Waals surface area contributed by atoms with Crippen LogP contribution in [0.25, 0.3) is 29.1 Å². The SMILES string of the molecule is C=C(Nc1ccc(F)cc1)c1cc(F)c(C)c(-c2nc(C)nc(NC=O)c2/C=C\c2c(F)cccc2F)c1.